The SMILES string of the molecule is CCOc1cc(C=Nc2ccccc2C)cc(Cl)c1OCC(=O)Nc1ccc(C)c(Cl)c1. The van der Waals surface area contributed by atoms with Gasteiger partial charge in [0.2, 0.25) is 0 Å². The first-order chi connectivity index (χ1) is 15.4. The van der Waals surface area contributed by atoms with E-state index in [0.29, 0.717) is 33.8 Å². The first-order valence-electron chi connectivity index (χ1n) is 10.1. The lowest BCUT2D eigenvalue weighted by Gasteiger charge is -2.14. The van der Waals surface area contributed by atoms with Crippen LogP contribution >= 0.6 is 23.2 Å². The van der Waals surface area contributed by atoms with Crippen LogP contribution in [0.1, 0.15) is 23.6 Å². The van der Waals surface area contributed by atoms with E-state index in [1.54, 1.807) is 30.5 Å². The molecule has 1 N–H and O–H groups in total. The molecule has 3 aromatic rings. The number of hydrogen-bond acceptors (Lipinski definition) is 4. The van der Waals surface area contributed by atoms with Crippen LogP contribution in [0.15, 0.2) is 59.6 Å². The van der Waals surface area contributed by atoms with Gasteiger partial charge in [-0.3, -0.25) is 9.79 Å². The maximum absolute atomic E-state index is 12.3. The third-order valence-electron chi connectivity index (χ3n) is 4.60. The van der Waals surface area contributed by atoms with Crippen molar-refractivity contribution in [3.05, 3.63) is 81.3 Å². The van der Waals surface area contributed by atoms with E-state index < -0.39 is 0 Å². The van der Waals surface area contributed by atoms with E-state index in [9.17, 15) is 4.79 Å². The highest BCUT2D eigenvalue weighted by Gasteiger charge is 2.14. The second-order valence-corrected chi connectivity index (χ2v) is 7.92. The van der Waals surface area contributed by atoms with Gasteiger partial charge in [0.15, 0.2) is 18.1 Å². The first-order valence-corrected chi connectivity index (χ1v) is 10.9. The maximum Gasteiger partial charge on any atom is 0.262 e. The molecule has 0 aromatic heterocycles. The van der Waals surface area contributed by atoms with Gasteiger partial charge in [0, 0.05) is 16.9 Å². The highest BCUT2D eigenvalue weighted by atomic mass is 35.5. The highest BCUT2D eigenvalue weighted by molar-refractivity contribution is 6.32. The van der Waals surface area contributed by atoms with Crippen LogP contribution in [0.2, 0.25) is 10.0 Å². The summed E-state index contributed by atoms with van der Waals surface area (Å²) in [5.74, 6) is 0.407. The van der Waals surface area contributed by atoms with E-state index in [2.05, 4.69) is 10.3 Å². The number of nitrogens with zero attached hydrogens (tertiary/aromatic N) is 1. The summed E-state index contributed by atoms with van der Waals surface area (Å²) in [4.78, 5) is 16.9. The number of rotatable bonds is 8. The number of hydrogen-bond donors (Lipinski definition) is 1. The normalized spacial score (nSPS) is 10.9. The zero-order chi connectivity index (χ0) is 23.1. The van der Waals surface area contributed by atoms with Gasteiger partial charge in [-0.25, -0.2) is 0 Å². The molecular formula is C25H24Cl2N2O3. The Labute approximate surface area is 198 Å². The van der Waals surface area contributed by atoms with Gasteiger partial charge in [-0.1, -0.05) is 47.5 Å². The summed E-state index contributed by atoms with van der Waals surface area (Å²) >= 11 is 12.6. The van der Waals surface area contributed by atoms with Crippen LogP contribution in [0.3, 0.4) is 0 Å². The number of nitrogens with one attached hydrogen (secondary N) is 1. The van der Waals surface area contributed by atoms with Gasteiger partial charge in [0.1, 0.15) is 0 Å². The van der Waals surface area contributed by atoms with Gasteiger partial charge < -0.3 is 14.8 Å². The summed E-state index contributed by atoms with van der Waals surface area (Å²) in [5, 5.41) is 3.66. The summed E-state index contributed by atoms with van der Waals surface area (Å²) in [5.41, 5.74) is 4.22. The topological polar surface area (TPSA) is 59.9 Å². The molecule has 0 saturated heterocycles. The molecule has 0 bridgehead atoms. The molecular weight excluding hydrogens is 447 g/mol. The van der Waals surface area contributed by atoms with Gasteiger partial charge in [-0.2, -0.15) is 0 Å². The third kappa shape index (κ3) is 6.25. The van der Waals surface area contributed by atoms with Crippen molar-refractivity contribution in [3.8, 4) is 11.5 Å². The zero-order valence-corrected chi connectivity index (χ0v) is 19.6. The molecule has 0 aliphatic carbocycles. The molecule has 0 atom stereocenters. The number of anilines is 1. The Morgan fingerprint density at radius 1 is 1.00 bits per heavy atom. The summed E-state index contributed by atoms with van der Waals surface area (Å²) in [7, 11) is 0. The van der Waals surface area contributed by atoms with E-state index in [-0.39, 0.29) is 12.5 Å². The predicted molar refractivity (Wildman–Crippen MR) is 131 cm³/mol. The van der Waals surface area contributed by atoms with Crippen molar-refractivity contribution in [3.63, 3.8) is 0 Å². The van der Waals surface area contributed by atoms with Gasteiger partial charge in [-0.15, -0.1) is 0 Å². The molecule has 0 aliphatic rings. The molecule has 166 valence electrons. The molecule has 0 spiro atoms. The fraction of sp³-hybridized carbons (Fsp3) is 0.200. The number of para-hydroxylation sites is 1. The van der Waals surface area contributed by atoms with Crippen LogP contribution in [0.25, 0.3) is 0 Å². The average Bonchev–Trinajstić information content (AvgIpc) is 2.75. The number of halogens is 2. The van der Waals surface area contributed by atoms with Crippen LogP contribution in [-0.2, 0) is 4.79 Å². The van der Waals surface area contributed by atoms with Crippen LogP contribution < -0.4 is 14.8 Å². The summed E-state index contributed by atoms with van der Waals surface area (Å²) < 4.78 is 11.4. The zero-order valence-electron chi connectivity index (χ0n) is 18.1. The lowest BCUT2D eigenvalue weighted by Crippen LogP contribution is -2.20. The van der Waals surface area contributed by atoms with Crippen LogP contribution in [0, 0.1) is 13.8 Å². The Morgan fingerprint density at radius 3 is 2.50 bits per heavy atom. The van der Waals surface area contributed by atoms with E-state index >= 15 is 0 Å². The maximum atomic E-state index is 12.3. The second-order valence-electron chi connectivity index (χ2n) is 7.11. The number of aliphatic imine (C=N–C) groups is 1. The lowest BCUT2D eigenvalue weighted by atomic mass is 10.2. The Bertz CT molecular complexity index is 1150. The quantitative estimate of drug-likeness (QED) is 0.369. The monoisotopic (exact) mass is 470 g/mol. The molecule has 7 heteroatoms. The van der Waals surface area contributed by atoms with Gasteiger partial charge >= 0.3 is 0 Å². The highest BCUT2D eigenvalue weighted by Crippen LogP contribution is 2.36. The molecule has 0 aliphatic heterocycles. The Hall–Kier alpha value is -3.02. The minimum atomic E-state index is -0.339. The third-order valence-corrected chi connectivity index (χ3v) is 5.29. The average molecular weight is 471 g/mol. The molecule has 5 nitrogen and oxygen atoms in total. The largest absolute Gasteiger partial charge is 0.490 e. The molecule has 0 fully saturated rings. The fourth-order valence-electron chi connectivity index (χ4n) is 2.92. The van der Waals surface area contributed by atoms with Crippen molar-refractivity contribution in [2.45, 2.75) is 20.8 Å². The minimum Gasteiger partial charge on any atom is -0.490 e. The summed E-state index contributed by atoms with van der Waals surface area (Å²) in [6, 6.07) is 16.6. The molecule has 3 aromatic carbocycles. The van der Waals surface area contributed by atoms with Crippen molar-refractivity contribution in [1.29, 1.82) is 0 Å². The van der Waals surface area contributed by atoms with Crippen LogP contribution in [-0.4, -0.2) is 25.3 Å². The standard InChI is InChI=1S/C25H24Cl2N2O3/c1-4-31-23-12-18(14-28-22-8-6-5-7-17(22)3)11-21(27)25(23)32-15-24(30)29-19-10-9-16(2)20(26)13-19/h5-14H,4,15H2,1-3H3,(H,29,30). The van der Waals surface area contributed by atoms with Crippen molar-refractivity contribution in [2.75, 3.05) is 18.5 Å². The molecule has 0 heterocycles. The Balaban J connectivity index is 1.73. The summed E-state index contributed by atoms with van der Waals surface area (Å²) in [6.07, 6.45) is 1.72. The van der Waals surface area contributed by atoms with E-state index in [4.69, 9.17) is 32.7 Å². The number of carbonyl (C=O) groups is 1. The molecule has 3 rings (SSSR count). The number of amides is 1. The van der Waals surface area contributed by atoms with E-state index in [1.165, 1.54) is 0 Å². The molecule has 32 heavy (non-hydrogen) atoms. The number of ether oxygens (including phenoxy) is 2. The Morgan fingerprint density at radius 2 is 1.78 bits per heavy atom. The summed E-state index contributed by atoms with van der Waals surface area (Å²) in [6.45, 7) is 5.93. The van der Waals surface area contributed by atoms with E-state index in [0.717, 1.165) is 22.4 Å². The fourth-order valence-corrected chi connectivity index (χ4v) is 3.38. The lowest BCUT2D eigenvalue weighted by molar-refractivity contribution is -0.118. The van der Waals surface area contributed by atoms with E-state index in [1.807, 2.05) is 51.1 Å². The van der Waals surface area contributed by atoms with Crippen LogP contribution in [0.4, 0.5) is 11.4 Å². The number of aryl methyl sites for hydroxylation is 2. The van der Waals surface area contributed by atoms with Gasteiger partial charge in [0.05, 0.1) is 17.3 Å². The van der Waals surface area contributed by atoms with Crippen molar-refractivity contribution in [1.82, 2.24) is 0 Å². The predicted octanol–water partition coefficient (Wildman–Crippen LogP) is 6.78. The van der Waals surface area contributed by atoms with Crippen molar-refractivity contribution < 1.29 is 14.3 Å². The molecule has 0 unspecified atom stereocenters. The van der Waals surface area contributed by atoms with Gasteiger partial charge in [-0.05, 0) is 67.8 Å². The van der Waals surface area contributed by atoms with Crippen molar-refractivity contribution in [2.24, 2.45) is 4.99 Å². The van der Waals surface area contributed by atoms with Crippen molar-refractivity contribution >= 4 is 46.7 Å². The van der Waals surface area contributed by atoms with Crippen LogP contribution in [0.5, 0.6) is 11.5 Å². The number of carbonyl (C=O) groups excluding carboxylic acids is 1. The second kappa shape index (κ2) is 11.0. The molecule has 1 amide bonds. The minimum absolute atomic E-state index is 0.234. The Kier molecular flexibility index (Phi) is 8.14. The number of benzene rings is 3. The molecule has 0 radical (unpaired) electrons. The van der Waals surface area contributed by atoms with Gasteiger partial charge in [0.25, 0.3) is 5.91 Å². The smallest absolute Gasteiger partial charge is 0.262 e. The molecule has 0 saturated carbocycles. The first kappa shape index (κ1) is 23.6.